The van der Waals surface area contributed by atoms with Crippen LogP contribution in [-0.4, -0.2) is 47.8 Å². The van der Waals surface area contributed by atoms with Crippen LogP contribution in [0.15, 0.2) is 47.4 Å². The van der Waals surface area contributed by atoms with Crippen molar-refractivity contribution in [2.45, 2.75) is 0 Å². The number of carbonyl (C=O) groups excluding carboxylic acids is 3. The van der Waals surface area contributed by atoms with Crippen molar-refractivity contribution in [3.63, 3.8) is 0 Å². The summed E-state index contributed by atoms with van der Waals surface area (Å²) in [6.07, 6.45) is 1.39. The lowest BCUT2D eigenvalue weighted by molar-refractivity contribution is -0.127. The largest absolute Gasteiger partial charge is 0.504 e. The van der Waals surface area contributed by atoms with Crippen molar-refractivity contribution in [2.75, 3.05) is 26.1 Å². The molecule has 9 heteroatoms. The van der Waals surface area contributed by atoms with Gasteiger partial charge in [0.1, 0.15) is 12.3 Å². The first-order chi connectivity index (χ1) is 13.9. The van der Waals surface area contributed by atoms with E-state index in [1.807, 2.05) is 0 Å². The maximum absolute atomic E-state index is 12.6. The predicted molar refractivity (Wildman–Crippen MR) is 109 cm³/mol. The number of carbonyl (C=O) groups is 3. The van der Waals surface area contributed by atoms with E-state index in [2.05, 4.69) is 5.32 Å². The van der Waals surface area contributed by atoms with Gasteiger partial charge in [-0.25, -0.2) is 0 Å². The molecule has 1 fully saturated rings. The molecule has 0 unspecified atom stereocenters. The van der Waals surface area contributed by atoms with Crippen LogP contribution < -0.4 is 14.8 Å². The minimum absolute atomic E-state index is 0.107. The topological polar surface area (TPSA) is 105 Å². The van der Waals surface area contributed by atoms with Crippen LogP contribution in [0.5, 0.6) is 17.2 Å². The highest BCUT2D eigenvalue weighted by Crippen LogP contribution is 2.36. The van der Waals surface area contributed by atoms with Crippen molar-refractivity contribution in [1.29, 1.82) is 0 Å². The Hall–Kier alpha value is -3.46. The van der Waals surface area contributed by atoms with Crippen molar-refractivity contribution in [3.8, 4) is 17.2 Å². The predicted octanol–water partition coefficient (Wildman–Crippen LogP) is 3.08. The third-order valence-corrected chi connectivity index (χ3v) is 4.99. The number of ether oxygens (including phenoxy) is 2. The number of benzene rings is 2. The smallest absolute Gasteiger partial charge is 0.294 e. The number of para-hydroxylation sites is 1. The van der Waals surface area contributed by atoms with Crippen LogP contribution in [0.25, 0.3) is 6.08 Å². The highest BCUT2D eigenvalue weighted by molar-refractivity contribution is 8.18. The van der Waals surface area contributed by atoms with Crippen LogP contribution in [0.2, 0.25) is 0 Å². The minimum atomic E-state index is -0.605. The maximum atomic E-state index is 12.6. The summed E-state index contributed by atoms with van der Waals surface area (Å²) in [6.45, 7) is -0.419. The summed E-state index contributed by atoms with van der Waals surface area (Å²) >= 11 is 0.702. The number of amides is 3. The summed E-state index contributed by atoms with van der Waals surface area (Å²) in [7, 11) is 2.94. The van der Waals surface area contributed by atoms with Crippen LogP contribution in [0.1, 0.15) is 5.56 Å². The second-order valence-electron chi connectivity index (χ2n) is 5.94. The molecule has 0 saturated carbocycles. The molecular weight excluding hydrogens is 396 g/mol. The zero-order valence-corrected chi connectivity index (χ0v) is 16.5. The van der Waals surface area contributed by atoms with E-state index in [4.69, 9.17) is 9.47 Å². The molecule has 1 heterocycles. The van der Waals surface area contributed by atoms with Gasteiger partial charge in [-0.1, -0.05) is 12.1 Å². The monoisotopic (exact) mass is 414 g/mol. The summed E-state index contributed by atoms with van der Waals surface area (Å²) in [5, 5.41) is 12.2. The molecule has 0 atom stereocenters. The molecule has 1 aliphatic heterocycles. The average molecular weight is 414 g/mol. The van der Waals surface area contributed by atoms with Gasteiger partial charge in [-0.05, 0) is 48.2 Å². The van der Waals surface area contributed by atoms with Crippen molar-refractivity contribution in [2.24, 2.45) is 0 Å². The van der Waals surface area contributed by atoms with Crippen molar-refractivity contribution >= 4 is 40.6 Å². The standard InChI is InChI=1S/C20H18N2O6S/c1-27-14-8-6-13(7-9-14)21-17(23)11-22-19(25)16(29-20(22)26)10-12-4-3-5-15(28-2)18(12)24/h3-10,24H,11H2,1-2H3,(H,21,23). The van der Waals surface area contributed by atoms with E-state index in [1.54, 1.807) is 42.5 Å². The molecule has 0 spiro atoms. The Morgan fingerprint density at radius 2 is 1.86 bits per heavy atom. The first-order valence-electron chi connectivity index (χ1n) is 8.48. The van der Waals surface area contributed by atoms with E-state index in [-0.39, 0.29) is 16.4 Å². The molecule has 8 nitrogen and oxygen atoms in total. The van der Waals surface area contributed by atoms with E-state index in [0.717, 1.165) is 4.90 Å². The number of rotatable bonds is 6. The Labute approximate surface area is 171 Å². The summed E-state index contributed by atoms with van der Waals surface area (Å²) < 4.78 is 10.1. The van der Waals surface area contributed by atoms with Crippen molar-refractivity contribution in [1.82, 2.24) is 4.90 Å². The number of nitrogens with zero attached hydrogens (tertiary/aromatic N) is 1. The molecule has 1 aliphatic rings. The first kappa shape index (κ1) is 20.3. The average Bonchev–Trinajstić information content (AvgIpc) is 2.97. The second kappa shape index (κ2) is 8.70. The molecule has 0 bridgehead atoms. The van der Waals surface area contributed by atoms with Gasteiger partial charge in [0.15, 0.2) is 11.5 Å². The fraction of sp³-hybridized carbons (Fsp3) is 0.150. The maximum Gasteiger partial charge on any atom is 0.294 e. The molecule has 2 aromatic carbocycles. The quantitative estimate of drug-likeness (QED) is 0.700. The Balaban J connectivity index is 1.71. The summed E-state index contributed by atoms with van der Waals surface area (Å²) in [6, 6.07) is 11.5. The van der Waals surface area contributed by atoms with Crippen LogP contribution in [-0.2, 0) is 9.59 Å². The fourth-order valence-electron chi connectivity index (χ4n) is 2.62. The number of anilines is 1. The van der Waals surface area contributed by atoms with Crippen molar-refractivity contribution in [3.05, 3.63) is 52.9 Å². The molecule has 0 aromatic heterocycles. The number of hydrogen-bond donors (Lipinski definition) is 2. The van der Waals surface area contributed by atoms with Gasteiger partial charge < -0.3 is 19.9 Å². The molecule has 0 aliphatic carbocycles. The summed E-state index contributed by atoms with van der Waals surface area (Å²) in [5.41, 5.74) is 0.845. The van der Waals surface area contributed by atoms with Crippen LogP contribution in [0.3, 0.4) is 0 Å². The molecule has 2 aromatic rings. The molecule has 0 radical (unpaired) electrons. The van der Waals surface area contributed by atoms with Gasteiger partial charge in [-0.15, -0.1) is 0 Å². The Morgan fingerprint density at radius 1 is 1.14 bits per heavy atom. The summed E-state index contributed by atoms with van der Waals surface area (Å²) in [5.74, 6) is -0.370. The zero-order chi connectivity index (χ0) is 21.0. The lowest BCUT2D eigenvalue weighted by Gasteiger charge is -2.12. The fourth-order valence-corrected chi connectivity index (χ4v) is 3.45. The van der Waals surface area contributed by atoms with Gasteiger partial charge in [0.05, 0.1) is 19.1 Å². The van der Waals surface area contributed by atoms with E-state index >= 15 is 0 Å². The van der Waals surface area contributed by atoms with Gasteiger partial charge >= 0.3 is 0 Å². The second-order valence-corrected chi connectivity index (χ2v) is 6.94. The van der Waals surface area contributed by atoms with E-state index < -0.39 is 23.6 Å². The number of phenols is 1. The number of imide groups is 1. The summed E-state index contributed by atoms with van der Waals surface area (Å²) in [4.78, 5) is 38.0. The molecule has 150 valence electrons. The van der Waals surface area contributed by atoms with Crippen LogP contribution in [0, 0.1) is 0 Å². The van der Waals surface area contributed by atoms with Crippen molar-refractivity contribution < 1.29 is 29.0 Å². The highest BCUT2D eigenvalue weighted by atomic mass is 32.2. The number of methoxy groups -OCH3 is 2. The Morgan fingerprint density at radius 3 is 2.52 bits per heavy atom. The number of phenolic OH excluding ortho intramolecular Hbond substituents is 1. The van der Waals surface area contributed by atoms with Gasteiger partial charge in [-0.3, -0.25) is 19.3 Å². The molecule has 3 amide bonds. The Kier molecular flexibility index (Phi) is 6.08. The number of aromatic hydroxyl groups is 1. The molecule has 29 heavy (non-hydrogen) atoms. The van der Waals surface area contributed by atoms with E-state index in [1.165, 1.54) is 20.3 Å². The zero-order valence-electron chi connectivity index (χ0n) is 15.7. The third-order valence-electron chi connectivity index (χ3n) is 4.09. The molecule has 2 N–H and O–H groups in total. The lowest BCUT2D eigenvalue weighted by Crippen LogP contribution is -2.36. The Bertz CT molecular complexity index is 987. The number of hydrogen-bond acceptors (Lipinski definition) is 7. The molecule has 3 rings (SSSR count). The lowest BCUT2D eigenvalue weighted by atomic mass is 10.1. The van der Waals surface area contributed by atoms with Gasteiger partial charge in [0.25, 0.3) is 11.1 Å². The SMILES string of the molecule is COc1ccc(NC(=O)CN2C(=O)SC(=Cc3cccc(OC)c3O)C2=O)cc1. The normalized spacial score (nSPS) is 15.0. The third kappa shape index (κ3) is 4.52. The van der Waals surface area contributed by atoms with Gasteiger partial charge in [-0.2, -0.15) is 0 Å². The van der Waals surface area contributed by atoms with Crippen LogP contribution in [0.4, 0.5) is 10.5 Å². The minimum Gasteiger partial charge on any atom is -0.504 e. The van der Waals surface area contributed by atoms with E-state index in [0.29, 0.717) is 28.8 Å². The van der Waals surface area contributed by atoms with Gasteiger partial charge in [0, 0.05) is 11.3 Å². The highest BCUT2D eigenvalue weighted by Gasteiger charge is 2.36. The molecular formula is C20H18N2O6S. The van der Waals surface area contributed by atoms with E-state index in [9.17, 15) is 19.5 Å². The van der Waals surface area contributed by atoms with Crippen LogP contribution >= 0.6 is 11.8 Å². The number of thioether (sulfide) groups is 1. The van der Waals surface area contributed by atoms with Gasteiger partial charge in [0.2, 0.25) is 5.91 Å². The number of nitrogens with one attached hydrogen (secondary N) is 1. The first-order valence-corrected chi connectivity index (χ1v) is 9.30. The molecule has 1 saturated heterocycles.